The van der Waals surface area contributed by atoms with Crippen LogP contribution < -0.4 is 14.8 Å². The second-order valence-corrected chi connectivity index (χ2v) is 4.33. The molecule has 0 unspecified atom stereocenters. The minimum atomic E-state index is 0. The first-order valence-electron chi connectivity index (χ1n) is 6.09. The number of likely N-dealkylation sites (N-methyl/N-ethyl adjacent to an activating group) is 1. The first-order chi connectivity index (χ1) is 9.15. The SMILES string of the molecule is COc1cc(CNC2=NCCN2C)cc(OC)c1O.I. The van der Waals surface area contributed by atoms with Gasteiger partial charge in [-0.3, -0.25) is 4.99 Å². The molecule has 0 spiro atoms. The number of ether oxygens (including phenoxy) is 2. The summed E-state index contributed by atoms with van der Waals surface area (Å²) >= 11 is 0. The zero-order valence-corrected chi connectivity index (χ0v) is 14.2. The van der Waals surface area contributed by atoms with Crippen molar-refractivity contribution in [2.75, 3.05) is 34.4 Å². The molecule has 2 rings (SSSR count). The van der Waals surface area contributed by atoms with E-state index in [-0.39, 0.29) is 29.7 Å². The van der Waals surface area contributed by atoms with E-state index in [1.54, 1.807) is 12.1 Å². The van der Waals surface area contributed by atoms with Crippen LogP contribution in [0.25, 0.3) is 0 Å². The van der Waals surface area contributed by atoms with Gasteiger partial charge in [0.2, 0.25) is 5.75 Å². The van der Waals surface area contributed by atoms with Crippen LogP contribution >= 0.6 is 24.0 Å². The first kappa shape index (κ1) is 16.7. The van der Waals surface area contributed by atoms with Crippen molar-refractivity contribution in [3.63, 3.8) is 0 Å². The number of nitrogens with zero attached hydrogens (tertiary/aromatic N) is 2. The summed E-state index contributed by atoms with van der Waals surface area (Å²) < 4.78 is 10.2. The lowest BCUT2D eigenvalue weighted by Gasteiger charge is -2.16. The van der Waals surface area contributed by atoms with Crippen LogP contribution in [0.4, 0.5) is 0 Å². The van der Waals surface area contributed by atoms with E-state index in [9.17, 15) is 5.11 Å². The highest BCUT2D eigenvalue weighted by Gasteiger charge is 2.14. The van der Waals surface area contributed by atoms with Crippen LogP contribution in [0.2, 0.25) is 0 Å². The number of aliphatic imine (C=N–C) groups is 1. The Bertz CT molecular complexity index is 469. The molecule has 1 aliphatic rings. The molecule has 0 amide bonds. The van der Waals surface area contributed by atoms with Gasteiger partial charge in [0.15, 0.2) is 17.5 Å². The van der Waals surface area contributed by atoms with E-state index in [1.165, 1.54) is 14.2 Å². The van der Waals surface area contributed by atoms with Gasteiger partial charge in [-0.25, -0.2) is 0 Å². The third-order valence-electron chi connectivity index (χ3n) is 3.05. The highest BCUT2D eigenvalue weighted by Crippen LogP contribution is 2.36. The van der Waals surface area contributed by atoms with Gasteiger partial charge >= 0.3 is 0 Å². The van der Waals surface area contributed by atoms with Gasteiger partial charge in [-0.05, 0) is 17.7 Å². The topological polar surface area (TPSA) is 66.3 Å². The van der Waals surface area contributed by atoms with Gasteiger partial charge in [0, 0.05) is 20.1 Å². The molecule has 112 valence electrons. The second kappa shape index (κ2) is 7.41. The maximum absolute atomic E-state index is 9.83. The molecule has 1 aliphatic heterocycles. The van der Waals surface area contributed by atoms with Crippen LogP contribution in [0.1, 0.15) is 5.56 Å². The van der Waals surface area contributed by atoms with Crippen LogP contribution in [0.3, 0.4) is 0 Å². The zero-order chi connectivity index (χ0) is 13.8. The Kier molecular flexibility index (Phi) is 6.18. The summed E-state index contributed by atoms with van der Waals surface area (Å²) in [4.78, 5) is 6.42. The van der Waals surface area contributed by atoms with E-state index in [1.807, 2.05) is 7.05 Å². The molecule has 0 saturated carbocycles. The number of nitrogens with one attached hydrogen (secondary N) is 1. The lowest BCUT2D eigenvalue weighted by molar-refractivity contribution is 0.339. The largest absolute Gasteiger partial charge is 0.502 e. The van der Waals surface area contributed by atoms with E-state index < -0.39 is 0 Å². The molecule has 0 saturated heterocycles. The van der Waals surface area contributed by atoms with Gasteiger partial charge in [0.25, 0.3) is 0 Å². The zero-order valence-electron chi connectivity index (χ0n) is 11.8. The van der Waals surface area contributed by atoms with Crippen LogP contribution in [-0.4, -0.2) is 50.3 Å². The van der Waals surface area contributed by atoms with Gasteiger partial charge in [-0.2, -0.15) is 0 Å². The average Bonchev–Trinajstić information content (AvgIpc) is 2.83. The fraction of sp³-hybridized carbons (Fsp3) is 0.462. The summed E-state index contributed by atoms with van der Waals surface area (Å²) in [7, 11) is 5.03. The quantitative estimate of drug-likeness (QED) is 0.758. The molecule has 0 aromatic heterocycles. The maximum atomic E-state index is 9.83. The van der Waals surface area contributed by atoms with Crippen molar-refractivity contribution in [1.82, 2.24) is 10.2 Å². The van der Waals surface area contributed by atoms with Crippen LogP contribution in [0.15, 0.2) is 17.1 Å². The molecule has 0 aliphatic carbocycles. The van der Waals surface area contributed by atoms with Crippen molar-refractivity contribution < 1.29 is 14.6 Å². The number of halogens is 1. The number of phenolic OH excluding ortho intramolecular Hbond substituents is 1. The number of rotatable bonds is 4. The Morgan fingerprint density at radius 2 is 1.90 bits per heavy atom. The van der Waals surface area contributed by atoms with Gasteiger partial charge in [-0.15, -0.1) is 24.0 Å². The molecule has 0 fully saturated rings. The molecule has 1 heterocycles. The van der Waals surface area contributed by atoms with Crippen LogP contribution in [0, 0.1) is 0 Å². The molecule has 20 heavy (non-hydrogen) atoms. The summed E-state index contributed by atoms with van der Waals surface area (Å²) in [5.74, 6) is 1.70. The Morgan fingerprint density at radius 1 is 1.30 bits per heavy atom. The predicted molar refractivity (Wildman–Crippen MR) is 88.4 cm³/mol. The fourth-order valence-electron chi connectivity index (χ4n) is 1.95. The Hall–Kier alpha value is -1.38. The van der Waals surface area contributed by atoms with Crippen molar-refractivity contribution >= 4 is 29.9 Å². The number of aromatic hydroxyl groups is 1. The summed E-state index contributed by atoms with van der Waals surface area (Å²) in [6, 6.07) is 3.56. The number of phenols is 1. The standard InChI is InChI=1S/C13H19N3O3.HI/c1-16-5-4-14-13(16)15-8-9-6-10(18-2)12(17)11(7-9)19-3;/h6-7,17H,4-5,8H2,1-3H3,(H,14,15);1H. The van der Waals surface area contributed by atoms with E-state index in [2.05, 4.69) is 15.2 Å². The van der Waals surface area contributed by atoms with Gasteiger partial charge in [0.1, 0.15) is 0 Å². The van der Waals surface area contributed by atoms with Gasteiger partial charge in [0.05, 0.1) is 20.8 Å². The van der Waals surface area contributed by atoms with E-state index in [0.717, 1.165) is 24.6 Å². The molecule has 1 aromatic rings. The van der Waals surface area contributed by atoms with Crippen molar-refractivity contribution in [2.45, 2.75) is 6.54 Å². The number of hydrogen-bond donors (Lipinski definition) is 2. The third-order valence-corrected chi connectivity index (χ3v) is 3.05. The smallest absolute Gasteiger partial charge is 0.200 e. The maximum Gasteiger partial charge on any atom is 0.200 e. The minimum absolute atomic E-state index is 0. The molecule has 0 bridgehead atoms. The monoisotopic (exact) mass is 393 g/mol. The summed E-state index contributed by atoms with van der Waals surface area (Å²) in [5, 5.41) is 13.1. The predicted octanol–water partition coefficient (Wildman–Crippen LogP) is 1.42. The summed E-state index contributed by atoms with van der Waals surface area (Å²) in [6.07, 6.45) is 0. The second-order valence-electron chi connectivity index (χ2n) is 4.33. The Labute approximate surface area is 135 Å². The molecule has 0 atom stereocenters. The molecular formula is C13H20IN3O3. The molecule has 0 radical (unpaired) electrons. The third kappa shape index (κ3) is 3.59. The van der Waals surface area contributed by atoms with Gasteiger partial charge < -0.3 is 24.8 Å². The van der Waals surface area contributed by atoms with E-state index in [0.29, 0.717) is 18.0 Å². The minimum Gasteiger partial charge on any atom is -0.502 e. The molecule has 6 nitrogen and oxygen atoms in total. The average molecular weight is 393 g/mol. The number of benzene rings is 1. The summed E-state index contributed by atoms with van der Waals surface area (Å²) in [6.45, 7) is 2.35. The molecular weight excluding hydrogens is 373 g/mol. The number of hydrogen-bond acceptors (Lipinski definition) is 6. The Morgan fingerprint density at radius 3 is 2.35 bits per heavy atom. The molecule has 1 aromatic carbocycles. The molecule has 7 heteroatoms. The van der Waals surface area contributed by atoms with Gasteiger partial charge in [-0.1, -0.05) is 0 Å². The van der Waals surface area contributed by atoms with Crippen LogP contribution in [-0.2, 0) is 6.54 Å². The van der Waals surface area contributed by atoms with Crippen LogP contribution in [0.5, 0.6) is 17.2 Å². The highest BCUT2D eigenvalue weighted by atomic mass is 127. The normalized spacial score (nSPS) is 13.6. The number of guanidine groups is 1. The Balaban J connectivity index is 0.00000200. The van der Waals surface area contributed by atoms with E-state index >= 15 is 0 Å². The van der Waals surface area contributed by atoms with Crippen molar-refractivity contribution in [2.24, 2.45) is 4.99 Å². The first-order valence-corrected chi connectivity index (χ1v) is 6.09. The number of methoxy groups -OCH3 is 2. The van der Waals surface area contributed by atoms with Crippen molar-refractivity contribution in [3.8, 4) is 17.2 Å². The summed E-state index contributed by atoms with van der Waals surface area (Å²) in [5.41, 5.74) is 0.953. The lowest BCUT2D eigenvalue weighted by Crippen LogP contribution is -2.35. The van der Waals surface area contributed by atoms with E-state index in [4.69, 9.17) is 9.47 Å². The lowest BCUT2D eigenvalue weighted by atomic mass is 10.2. The molecule has 2 N–H and O–H groups in total. The highest BCUT2D eigenvalue weighted by molar-refractivity contribution is 14.0. The van der Waals surface area contributed by atoms with Crippen molar-refractivity contribution in [3.05, 3.63) is 17.7 Å². The van der Waals surface area contributed by atoms with Crippen molar-refractivity contribution in [1.29, 1.82) is 0 Å². The fourth-order valence-corrected chi connectivity index (χ4v) is 1.95.